The number of benzene rings is 2. The van der Waals surface area contributed by atoms with E-state index in [1.165, 1.54) is 6.26 Å². The van der Waals surface area contributed by atoms with E-state index in [2.05, 4.69) is 27.8 Å². The monoisotopic (exact) mass is 417 g/mol. The highest BCUT2D eigenvalue weighted by Gasteiger charge is 2.08. The molecular formula is C22H31N3O3S. The number of aliphatic imine (C=N–C) groups is 1. The molecule has 6 nitrogen and oxygen atoms in total. The van der Waals surface area contributed by atoms with Gasteiger partial charge in [-0.3, -0.25) is 4.99 Å². The Morgan fingerprint density at radius 3 is 2.24 bits per heavy atom. The van der Waals surface area contributed by atoms with Crippen LogP contribution in [0, 0.1) is 6.92 Å². The van der Waals surface area contributed by atoms with Gasteiger partial charge in [0.1, 0.15) is 5.75 Å². The number of guanidine groups is 1. The van der Waals surface area contributed by atoms with E-state index in [-0.39, 0.29) is 11.9 Å². The summed E-state index contributed by atoms with van der Waals surface area (Å²) in [4.78, 5) is 4.27. The minimum Gasteiger partial charge on any atom is -0.491 e. The number of nitrogens with one attached hydrogen (secondary N) is 2. The molecule has 0 aliphatic rings. The Hall–Kier alpha value is -2.54. The quantitative estimate of drug-likeness (QED) is 0.509. The zero-order chi connectivity index (χ0) is 21.4. The van der Waals surface area contributed by atoms with Crippen LogP contribution >= 0.6 is 0 Å². The van der Waals surface area contributed by atoms with Crippen LogP contribution in [0.15, 0.2) is 47.5 Å². The molecule has 0 aromatic heterocycles. The van der Waals surface area contributed by atoms with Crippen molar-refractivity contribution >= 4 is 15.8 Å². The van der Waals surface area contributed by atoms with E-state index in [0.717, 1.165) is 28.0 Å². The topological polar surface area (TPSA) is 79.8 Å². The van der Waals surface area contributed by atoms with Crippen LogP contribution in [0.1, 0.15) is 36.1 Å². The molecule has 0 heterocycles. The second-order valence-electron chi connectivity index (χ2n) is 7.44. The molecule has 29 heavy (non-hydrogen) atoms. The molecule has 0 atom stereocenters. The predicted octanol–water partition coefficient (Wildman–Crippen LogP) is 3.19. The first kappa shape index (κ1) is 22.7. The molecule has 0 spiro atoms. The molecule has 0 saturated heterocycles. The largest absolute Gasteiger partial charge is 0.491 e. The number of rotatable bonds is 8. The average molecular weight is 418 g/mol. The minimum absolute atomic E-state index is 0.0568. The van der Waals surface area contributed by atoms with Crippen LogP contribution in [0.25, 0.3) is 0 Å². The first-order valence-electron chi connectivity index (χ1n) is 9.62. The Bertz CT molecular complexity index is 936. The summed E-state index contributed by atoms with van der Waals surface area (Å²) in [5.41, 5.74) is 4.06. The van der Waals surface area contributed by atoms with Crippen molar-refractivity contribution in [3.8, 4) is 5.75 Å². The molecule has 0 aliphatic carbocycles. The van der Waals surface area contributed by atoms with Crippen molar-refractivity contribution < 1.29 is 13.2 Å². The number of hydrogen-bond acceptors (Lipinski definition) is 4. The van der Waals surface area contributed by atoms with E-state index in [9.17, 15) is 8.42 Å². The lowest BCUT2D eigenvalue weighted by molar-refractivity contribution is 0.239. The van der Waals surface area contributed by atoms with E-state index in [0.29, 0.717) is 19.0 Å². The third-order valence-corrected chi connectivity index (χ3v) is 5.02. The lowest BCUT2D eigenvalue weighted by Crippen LogP contribution is -2.36. The summed E-state index contributed by atoms with van der Waals surface area (Å²) in [6.07, 6.45) is 1.35. The molecule has 2 aromatic rings. The number of ether oxygens (including phenoxy) is 1. The van der Waals surface area contributed by atoms with Crippen LogP contribution in [-0.2, 0) is 28.7 Å². The average Bonchev–Trinajstić information content (AvgIpc) is 2.63. The van der Waals surface area contributed by atoms with E-state index in [4.69, 9.17) is 4.74 Å². The Balaban J connectivity index is 1.93. The first-order valence-corrected chi connectivity index (χ1v) is 11.7. The van der Waals surface area contributed by atoms with E-state index < -0.39 is 9.84 Å². The third kappa shape index (κ3) is 8.15. The van der Waals surface area contributed by atoms with Gasteiger partial charge in [-0.05, 0) is 43.5 Å². The van der Waals surface area contributed by atoms with Crippen LogP contribution < -0.4 is 15.4 Å². The molecular weight excluding hydrogens is 386 g/mol. The molecule has 2 aromatic carbocycles. The molecule has 0 bridgehead atoms. The highest BCUT2D eigenvalue weighted by Crippen LogP contribution is 2.21. The molecule has 0 aliphatic heterocycles. The van der Waals surface area contributed by atoms with Crippen molar-refractivity contribution in [2.75, 3.05) is 13.3 Å². The molecule has 2 N–H and O–H groups in total. The van der Waals surface area contributed by atoms with Crippen LogP contribution in [-0.4, -0.2) is 33.8 Å². The lowest BCUT2D eigenvalue weighted by atomic mass is 10.1. The van der Waals surface area contributed by atoms with Crippen LogP contribution in [0.5, 0.6) is 5.75 Å². The fourth-order valence-electron chi connectivity index (χ4n) is 2.81. The van der Waals surface area contributed by atoms with E-state index in [1.54, 1.807) is 7.05 Å². The van der Waals surface area contributed by atoms with Crippen molar-refractivity contribution in [1.29, 1.82) is 0 Å². The number of sulfone groups is 1. The summed E-state index contributed by atoms with van der Waals surface area (Å²) in [6, 6.07) is 13.7. The summed E-state index contributed by atoms with van der Waals surface area (Å²) < 4.78 is 28.7. The molecule has 0 radical (unpaired) electrons. The van der Waals surface area contributed by atoms with Gasteiger partial charge >= 0.3 is 0 Å². The Labute approximate surface area is 174 Å². The summed E-state index contributed by atoms with van der Waals surface area (Å²) in [7, 11) is -1.30. The zero-order valence-electron chi connectivity index (χ0n) is 17.8. The van der Waals surface area contributed by atoms with Gasteiger partial charge in [0.2, 0.25) is 0 Å². The smallest absolute Gasteiger partial charge is 0.191 e. The summed E-state index contributed by atoms with van der Waals surface area (Å²) >= 11 is 0. The number of aryl methyl sites for hydroxylation is 1. The highest BCUT2D eigenvalue weighted by molar-refractivity contribution is 7.89. The summed E-state index contributed by atoms with van der Waals surface area (Å²) in [5.74, 6) is 1.62. The Kier molecular flexibility index (Phi) is 8.08. The molecule has 7 heteroatoms. The van der Waals surface area contributed by atoms with Crippen LogP contribution in [0.4, 0.5) is 0 Å². The second-order valence-corrected chi connectivity index (χ2v) is 9.58. The number of hydrogen-bond donors (Lipinski definition) is 2. The van der Waals surface area contributed by atoms with Gasteiger partial charge in [0, 0.05) is 32.0 Å². The van der Waals surface area contributed by atoms with Crippen molar-refractivity contribution in [1.82, 2.24) is 10.6 Å². The second kappa shape index (κ2) is 10.3. The predicted molar refractivity (Wildman–Crippen MR) is 119 cm³/mol. The lowest BCUT2D eigenvalue weighted by Gasteiger charge is -2.17. The van der Waals surface area contributed by atoms with Crippen molar-refractivity contribution in [2.24, 2.45) is 4.99 Å². The molecule has 158 valence electrons. The van der Waals surface area contributed by atoms with Gasteiger partial charge in [0.25, 0.3) is 0 Å². The van der Waals surface area contributed by atoms with E-state index >= 15 is 0 Å². The Morgan fingerprint density at radius 2 is 1.66 bits per heavy atom. The Morgan fingerprint density at radius 1 is 1.03 bits per heavy atom. The zero-order valence-corrected chi connectivity index (χ0v) is 18.6. The standard InChI is InChI=1S/C22H31N3O3S/c1-16(2)28-21-12-17(3)6-11-20(21)14-25-22(23-4)24-13-18-7-9-19(10-8-18)15-29(5,26)27/h6-12,16H,13-15H2,1-5H3,(H2,23,24,25). The van der Waals surface area contributed by atoms with Crippen molar-refractivity contribution in [3.05, 3.63) is 64.7 Å². The SMILES string of the molecule is CN=C(NCc1ccc(CS(C)(=O)=O)cc1)NCc1ccc(C)cc1OC(C)C. The summed E-state index contributed by atoms with van der Waals surface area (Å²) in [5, 5.41) is 6.59. The molecule has 0 saturated carbocycles. The number of nitrogens with zero attached hydrogens (tertiary/aromatic N) is 1. The first-order chi connectivity index (χ1) is 13.7. The van der Waals surface area contributed by atoms with Crippen LogP contribution in [0.3, 0.4) is 0 Å². The third-order valence-electron chi connectivity index (χ3n) is 4.17. The maximum Gasteiger partial charge on any atom is 0.191 e. The molecule has 2 rings (SSSR count). The minimum atomic E-state index is -3.02. The molecule has 0 unspecified atom stereocenters. The van der Waals surface area contributed by atoms with Gasteiger partial charge in [0.05, 0.1) is 11.9 Å². The molecule has 0 fully saturated rings. The maximum atomic E-state index is 11.4. The van der Waals surface area contributed by atoms with Crippen molar-refractivity contribution in [3.63, 3.8) is 0 Å². The van der Waals surface area contributed by atoms with Gasteiger partial charge in [-0.15, -0.1) is 0 Å². The normalized spacial score (nSPS) is 12.1. The molecule has 0 amide bonds. The van der Waals surface area contributed by atoms with Crippen molar-refractivity contribution in [2.45, 2.75) is 45.7 Å². The highest BCUT2D eigenvalue weighted by atomic mass is 32.2. The van der Waals surface area contributed by atoms with Gasteiger partial charge in [0.15, 0.2) is 15.8 Å². The van der Waals surface area contributed by atoms with E-state index in [1.807, 2.05) is 51.1 Å². The van der Waals surface area contributed by atoms with Gasteiger partial charge in [-0.1, -0.05) is 36.4 Å². The van der Waals surface area contributed by atoms with Gasteiger partial charge in [-0.2, -0.15) is 0 Å². The summed E-state index contributed by atoms with van der Waals surface area (Å²) in [6.45, 7) is 7.26. The fraction of sp³-hybridized carbons (Fsp3) is 0.409. The maximum absolute atomic E-state index is 11.4. The fourth-order valence-corrected chi connectivity index (χ4v) is 3.61. The van der Waals surface area contributed by atoms with Gasteiger partial charge < -0.3 is 15.4 Å². The van der Waals surface area contributed by atoms with Crippen LogP contribution in [0.2, 0.25) is 0 Å². The van der Waals surface area contributed by atoms with Gasteiger partial charge in [-0.25, -0.2) is 8.42 Å².